The zero-order chi connectivity index (χ0) is 17.5. The van der Waals surface area contributed by atoms with Crippen LogP contribution in [0.5, 0.6) is 0 Å². The quantitative estimate of drug-likeness (QED) is 0.542. The molecule has 1 nitrogen and oxygen atoms in total. The van der Waals surface area contributed by atoms with Crippen LogP contribution in [-0.4, -0.2) is 5.78 Å². The number of hydrogen-bond acceptors (Lipinski definition) is 1. The third-order valence-corrected chi connectivity index (χ3v) is 9.40. The molecule has 4 saturated carbocycles. The lowest BCUT2D eigenvalue weighted by molar-refractivity contribution is -0.169. The molecule has 0 saturated heterocycles. The number of ketones is 1. The van der Waals surface area contributed by atoms with E-state index in [1.807, 2.05) is 0 Å². The van der Waals surface area contributed by atoms with E-state index >= 15 is 0 Å². The number of rotatable bonds is 3. The summed E-state index contributed by atoms with van der Waals surface area (Å²) in [6, 6.07) is 0. The fourth-order valence-electron chi connectivity index (χ4n) is 7.44. The second kappa shape index (κ2) is 7.01. The monoisotopic (exact) mass is 344 g/mol. The maximum absolute atomic E-state index is 13.3. The van der Waals surface area contributed by atoms with E-state index in [0.717, 1.165) is 29.5 Å². The summed E-state index contributed by atoms with van der Waals surface area (Å²) in [5.74, 6) is 4.58. The number of Topliss-reactive ketones (excluding diaryl/α,β-unsaturated/α-hetero) is 1. The molecule has 4 aliphatic carbocycles. The van der Waals surface area contributed by atoms with Crippen molar-refractivity contribution in [1.82, 2.24) is 0 Å². The molecule has 0 atom stereocenters. The normalized spacial score (nSPS) is 47.8. The van der Waals surface area contributed by atoms with Crippen molar-refractivity contribution in [3.8, 4) is 0 Å². The Morgan fingerprint density at radius 1 is 0.680 bits per heavy atom. The van der Waals surface area contributed by atoms with Crippen LogP contribution in [0.2, 0.25) is 0 Å². The second-order valence-electron chi connectivity index (χ2n) is 10.4. The van der Waals surface area contributed by atoms with Gasteiger partial charge < -0.3 is 0 Å². The maximum Gasteiger partial charge on any atom is 0.145 e. The van der Waals surface area contributed by atoms with Gasteiger partial charge in [0.25, 0.3) is 0 Å². The molecule has 1 heteroatoms. The molecule has 0 aromatic heterocycles. The Kier molecular flexibility index (Phi) is 5.06. The molecule has 0 heterocycles. The third kappa shape index (κ3) is 3.12. The summed E-state index contributed by atoms with van der Waals surface area (Å²) in [5, 5.41) is 0. The van der Waals surface area contributed by atoms with Crippen LogP contribution >= 0.6 is 0 Å². The first-order valence-corrected chi connectivity index (χ1v) is 11.7. The first kappa shape index (κ1) is 18.1. The Hall–Kier alpha value is -0.330. The van der Waals surface area contributed by atoms with Crippen LogP contribution in [-0.2, 0) is 4.79 Å². The van der Waals surface area contributed by atoms with Gasteiger partial charge in [-0.25, -0.2) is 0 Å². The molecule has 0 bridgehead atoms. The first-order valence-electron chi connectivity index (χ1n) is 11.7. The molecule has 4 rings (SSSR count). The topological polar surface area (TPSA) is 17.1 Å². The summed E-state index contributed by atoms with van der Waals surface area (Å²) >= 11 is 0. The third-order valence-electron chi connectivity index (χ3n) is 9.40. The largest absolute Gasteiger partial charge is 0.298 e. The highest BCUT2D eigenvalue weighted by molar-refractivity contribution is 5.96. The van der Waals surface area contributed by atoms with Crippen LogP contribution < -0.4 is 0 Å². The molecule has 25 heavy (non-hydrogen) atoms. The van der Waals surface area contributed by atoms with Gasteiger partial charge in [0.1, 0.15) is 5.78 Å². The van der Waals surface area contributed by atoms with Gasteiger partial charge in [-0.2, -0.15) is 0 Å². The first-order chi connectivity index (χ1) is 12.1. The summed E-state index contributed by atoms with van der Waals surface area (Å²) in [5.41, 5.74) is 0.299. The van der Waals surface area contributed by atoms with Crippen molar-refractivity contribution < 1.29 is 4.79 Å². The van der Waals surface area contributed by atoms with Gasteiger partial charge in [-0.3, -0.25) is 4.79 Å². The van der Waals surface area contributed by atoms with Crippen molar-refractivity contribution in [2.45, 2.75) is 110 Å². The van der Waals surface area contributed by atoms with Crippen LogP contribution in [0.15, 0.2) is 0 Å². The second-order valence-corrected chi connectivity index (χ2v) is 10.4. The highest BCUT2D eigenvalue weighted by atomic mass is 16.1. The highest BCUT2D eigenvalue weighted by Crippen LogP contribution is 2.64. The van der Waals surface area contributed by atoms with Gasteiger partial charge in [0.05, 0.1) is 0 Å². The van der Waals surface area contributed by atoms with Gasteiger partial charge in [0.15, 0.2) is 0 Å². The van der Waals surface area contributed by atoms with E-state index in [-0.39, 0.29) is 10.8 Å². The molecule has 0 radical (unpaired) electrons. The summed E-state index contributed by atoms with van der Waals surface area (Å²) in [7, 11) is 0. The molecule has 0 aromatic carbocycles. The van der Waals surface area contributed by atoms with Crippen LogP contribution in [0, 0.1) is 34.5 Å². The summed E-state index contributed by atoms with van der Waals surface area (Å²) < 4.78 is 0. The zero-order valence-corrected chi connectivity index (χ0v) is 16.8. The summed E-state index contributed by atoms with van der Waals surface area (Å²) in [6.07, 6.45) is 20.2. The van der Waals surface area contributed by atoms with E-state index in [1.165, 1.54) is 96.3 Å². The van der Waals surface area contributed by atoms with Crippen molar-refractivity contribution in [1.29, 1.82) is 0 Å². The average molecular weight is 345 g/mol. The molecule has 0 N–H and O–H groups in total. The van der Waals surface area contributed by atoms with E-state index in [1.54, 1.807) is 0 Å². The Balaban J connectivity index is 1.29. The summed E-state index contributed by atoms with van der Waals surface area (Å²) in [6.45, 7) is 4.68. The van der Waals surface area contributed by atoms with E-state index in [0.29, 0.717) is 0 Å². The number of hydrogen-bond donors (Lipinski definition) is 0. The molecule has 4 fully saturated rings. The molecular weight excluding hydrogens is 304 g/mol. The lowest BCUT2D eigenvalue weighted by atomic mass is 9.43. The van der Waals surface area contributed by atoms with Crippen molar-refractivity contribution in [2.24, 2.45) is 34.5 Å². The van der Waals surface area contributed by atoms with Gasteiger partial charge in [0.2, 0.25) is 0 Å². The minimum Gasteiger partial charge on any atom is -0.298 e. The predicted molar refractivity (Wildman–Crippen MR) is 104 cm³/mol. The molecular formula is C24H40O. The zero-order valence-electron chi connectivity index (χ0n) is 16.8. The van der Waals surface area contributed by atoms with Crippen molar-refractivity contribution >= 4 is 5.78 Å². The van der Waals surface area contributed by atoms with E-state index in [4.69, 9.17) is 0 Å². The summed E-state index contributed by atoms with van der Waals surface area (Å²) in [4.78, 5) is 13.3. The Bertz CT molecular complexity index is 468. The van der Waals surface area contributed by atoms with Gasteiger partial charge in [-0.05, 0) is 94.3 Å². The molecule has 4 aliphatic rings. The smallest absolute Gasteiger partial charge is 0.145 e. The van der Waals surface area contributed by atoms with Crippen LogP contribution in [0.1, 0.15) is 110 Å². The van der Waals surface area contributed by atoms with Crippen LogP contribution in [0.25, 0.3) is 0 Å². The standard InChI is InChI=1S/C24H40O/c1-3-18-5-7-20(8-6-18)21-11-15-24(16-12-21)17-23(22(24)25)13-9-19(4-2)10-14-23/h18-21H,3-17H2,1-2H3. The Morgan fingerprint density at radius 3 is 1.60 bits per heavy atom. The van der Waals surface area contributed by atoms with Crippen molar-refractivity contribution in [2.75, 3.05) is 0 Å². The van der Waals surface area contributed by atoms with Crippen LogP contribution in [0.4, 0.5) is 0 Å². The average Bonchev–Trinajstić information content (AvgIpc) is 2.69. The van der Waals surface area contributed by atoms with Gasteiger partial charge >= 0.3 is 0 Å². The van der Waals surface area contributed by atoms with Crippen LogP contribution in [0.3, 0.4) is 0 Å². The number of carbonyl (C=O) groups excluding carboxylic acids is 1. The molecule has 0 aliphatic heterocycles. The Labute approximate surface area is 155 Å². The molecule has 0 aromatic rings. The fourth-order valence-corrected chi connectivity index (χ4v) is 7.44. The van der Waals surface area contributed by atoms with E-state index in [2.05, 4.69) is 13.8 Å². The molecule has 142 valence electrons. The minimum atomic E-state index is 0.149. The minimum absolute atomic E-state index is 0.149. The van der Waals surface area contributed by atoms with E-state index < -0.39 is 0 Å². The predicted octanol–water partition coefficient (Wildman–Crippen LogP) is 6.94. The molecule has 2 spiro atoms. The number of carbonyl (C=O) groups is 1. The molecule has 0 unspecified atom stereocenters. The Morgan fingerprint density at radius 2 is 1.12 bits per heavy atom. The molecule has 0 amide bonds. The van der Waals surface area contributed by atoms with Crippen molar-refractivity contribution in [3.05, 3.63) is 0 Å². The van der Waals surface area contributed by atoms with E-state index in [9.17, 15) is 4.79 Å². The maximum atomic E-state index is 13.3. The lowest BCUT2D eigenvalue weighted by Gasteiger charge is -2.59. The van der Waals surface area contributed by atoms with Gasteiger partial charge in [-0.1, -0.05) is 39.5 Å². The highest BCUT2D eigenvalue weighted by Gasteiger charge is 2.63. The lowest BCUT2D eigenvalue weighted by Crippen LogP contribution is -2.59. The fraction of sp³-hybridized carbons (Fsp3) is 0.958. The van der Waals surface area contributed by atoms with Gasteiger partial charge in [0, 0.05) is 10.8 Å². The van der Waals surface area contributed by atoms with Crippen molar-refractivity contribution in [3.63, 3.8) is 0 Å². The van der Waals surface area contributed by atoms with Gasteiger partial charge in [-0.15, -0.1) is 0 Å². The SMILES string of the molecule is CCC1CCC(C2CCC3(CC2)CC2(CCC(CC)CC2)C3=O)CC1.